The van der Waals surface area contributed by atoms with Gasteiger partial charge in [0, 0.05) is 28.2 Å². The molecule has 63 heavy (non-hydrogen) atoms. The minimum absolute atomic E-state index is 0.0350. The smallest absolute Gasteiger partial charge is 0.416 e. The highest BCUT2D eigenvalue weighted by molar-refractivity contribution is 7.91. The molecule has 2 saturated carbocycles. The lowest BCUT2D eigenvalue weighted by molar-refractivity contribution is -0.140. The first-order chi connectivity index (χ1) is 30.3. The van der Waals surface area contributed by atoms with E-state index in [1.54, 1.807) is 24.3 Å². The molecule has 0 bridgehead atoms. The number of amides is 3. The first kappa shape index (κ1) is 41.5. The Bertz CT molecular complexity index is 2750. The molecular weight excluding hydrogens is 860 g/mol. The molecule has 5 heterocycles. The molecule has 0 radical (unpaired) electrons. The van der Waals surface area contributed by atoms with Gasteiger partial charge in [0.25, 0.3) is 11.8 Å². The van der Waals surface area contributed by atoms with Crippen LogP contribution in [-0.2, 0) is 43.4 Å². The molecule has 2 aromatic carbocycles. The van der Waals surface area contributed by atoms with Crippen molar-refractivity contribution in [2.75, 3.05) is 11.9 Å². The van der Waals surface area contributed by atoms with Gasteiger partial charge in [0.1, 0.15) is 34.8 Å². The number of hydrogen-bond acceptors (Lipinski definition) is 12. The fourth-order valence-electron chi connectivity index (χ4n) is 8.99. The van der Waals surface area contributed by atoms with Crippen molar-refractivity contribution >= 4 is 66.3 Å². The van der Waals surface area contributed by atoms with Crippen molar-refractivity contribution in [3.63, 3.8) is 0 Å². The lowest BCUT2D eigenvalue weighted by atomic mass is 10.1. The first-order valence-corrected chi connectivity index (χ1v) is 23.8. The zero-order valence-corrected chi connectivity index (χ0v) is 35.6. The Kier molecular flexibility index (Phi) is 10.5. The molecule has 3 aromatic heterocycles. The van der Waals surface area contributed by atoms with Crippen LogP contribution in [-0.4, -0.2) is 81.5 Å². The highest BCUT2D eigenvalue weighted by Gasteiger charge is 2.62. The minimum atomic E-state index is -4.55. The largest absolute Gasteiger partial charge is 0.470 e. The van der Waals surface area contributed by atoms with Crippen LogP contribution in [0.2, 0.25) is 0 Å². The zero-order chi connectivity index (χ0) is 43.7. The Balaban J connectivity index is 1.00. The molecule has 0 unspecified atom stereocenters. The lowest BCUT2D eigenvalue weighted by Crippen LogP contribution is -2.57. The number of carbonyl (C=O) groups excluding carboxylic acids is 3. The second kappa shape index (κ2) is 15.9. The van der Waals surface area contributed by atoms with Gasteiger partial charge in [0.15, 0.2) is 11.0 Å². The molecular formula is C44H44F3N7O7S2. The number of nitrogens with zero attached hydrogens (tertiary/aromatic N) is 4. The van der Waals surface area contributed by atoms with Crippen LogP contribution >= 0.6 is 11.3 Å². The number of aryl methyl sites for hydroxylation is 2. The third kappa shape index (κ3) is 8.13. The van der Waals surface area contributed by atoms with Crippen molar-refractivity contribution in [3.05, 3.63) is 76.8 Å². The van der Waals surface area contributed by atoms with Gasteiger partial charge in [-0.3, -0.25) is 19.1 Å². The Labute approximate surface area is 364 Å². The van der Waals surface area contributed by atoms with Gasteiger partial charge in [-0.15, -0.1) is 11.3 Å². The van der Waals surface area contributed by atoms with Crippen molar-refractivity contribution < 1.29 is 45.1 Å². The number of rotatable bonds is 8. The predicted molar refractivity (Wildman–Crippen MR) is 227 cm³/mol. The highest BCUT2D eigenvalue weighted by Crippen LogP contribution is 2.46. The molecule has 3 fully saturated rings. The molecule has 14 nitrogen and oxygen atoms in total. The van der Waals surface area contributed by atoms with Crippen LogP contribution in [0.1, 0.15) is 80.3 Å². The second-order valence-corrected chi connectivity index (χ2v) is 20.2. The number of para-hydroxylation sites is 1. The Morgan fingerprint density at radius 1 is 0.984 bits per heavy atom. The van der Waals surface area contributed by atoms with Crippen molar-refractivity contribution in [1.29, 1.82) is 0 Å². The van der Waals surface area contributed by atoms with E-state index in [0.717, 1.165) is 49.9 Å². The summed E-state index contributed by atoms with van der Waals surface area (Å²) < 4.78 is 81.5. The summed E-state index contributed by atoms with van der Waals surface area (Å²) in [7, 11) is -3.94. The van der Waals surface area contributed by atoms with Crippen LogP contribution < -0.4 is 20.1 Å². The molecule has 5 atom stereocenters. The molecule has 2 aliphatic heterocycles. The molecule has 10 rings (SSSR count). The molecule has 5 aliphatic rings. The van der Waals surface area contributed by atoms with Gasteiger partial charge >= 0.3 is 6.18 Å². The maximum Gasteiger partial charge on any atom is 0.416 e. The van der Waals surface area contributed by atoms with Gasteiger partial charge in [-0.05, 0) is 82.1 Å². The second-order valence-electron chi connectivity index (χ2n) is 17.1. The van der Waals surface area contributed by atoms with Gasteiger partial charge in [0.2, 0.25) is 27.4 Å². The van der Waals surface area contributed by atoms with Crippen molar-refractivity contribution in [3.8, 4) is 17.3 Å². The van der Waals surface area contributed by atoms with Gasteiger partial charge in [0.05, 0.1) is 23.1 Å². The van der Waals surface area contributed by atoms with Gasteiger partial charge < -0.3 is 24.7 Å². The molecule has 3 N–H and O–H groups in total. The predicted octanol–water partition coefficient (Wildman–Crippen LogP) is 6.84. The number of ether oxygens (including phenoxy) is 1. The number of hydrogen-bond donors (Lipinski definition) is 3. The SMILES string of the molecule is O=C1N[C@]2(C(=O)NS(=O)(=O)C3CC3)C[C@H]2/C=C\CCCCC[C@H](Nc2nc3c(s2)CCC3)C(=O)N2C[C@H](Oc3nc(-c4ccc(C(F)(F)F)cc4)nc4c3oc3ccccc34)C[C@@H]12. The number of alkyl halides is 3. The fourth-order valence-corrected chi connectivity index (χ4v) is 11.5. The maximum absolute atomic E-state index is 14.9. The van der Waals surface area contributed by atoms with E-state index in [9.17, 15) is 36.0 Å². The zero-order valence-electron chi connectivity index (χ0n) is 33.9. The minimum Gasteiger partial charge on any atom is -0.470 e. The van der Waals surface area contributed by atoms with E-state index >= 15 is 0 Å². The van der Waals surface area contributed by atoms with Crippen molar-refractivity contribution in [2.45, 2.75) is 112 Å². The molecule has 3 aliphatic carbocycles. The number of sulfonamides is 1. The van der Waals surface area contributed by atoms with E-state index < -0.39 is 68.5 Å². The number of fused-ring (bicyclic) bond motifs is 6. The number of thiazole rings is 1. The summed E-state index contributed by atoms with van der Waals surface area (Å²) in [6.07, 6.45) is 5.78. The number of halogens is 3. The normalized spacial score (nSPS) is 26.0. The van der Waals surface area contributed by atoms with Crippen LogP contribution in [0.4, 0.5) is 18.3 Å². The average molecular weight is 904 g/mol. The van der Waals surface area contributed by atoms with Crippen LogP contribution in [0, 0.1) is 5.92 Å². The van der Waals surface area contributed by atoms with Gasteiger partial charge in [-0.25, -0.2) is 18.4 Å². The summed E-state index contributed by atoms with van der Waals surface area (Å²) in [5.74, 6) is -2.26. The number of allylic oxidation sites excluding steroid dienone is 1. The van der Waals surface area contributed by atoms with Crippen molar-refractivity contribution in [1.82, 2.24) is 29.9 Å². The van der Waals surface area contributed by atoms with E-state index in [-0.39, 0.29) is 48.1 Å². The van der Waals surface area contributed by atoms with Crippen LogP contribution in [0.5, 0.6) is 5.88 Å². The van der Waals surface area contributed by atoms with E-state index in [4.69, 9.17) is 19.1 Å². The van der Waals surface area contributed by atoms with Gasteiger partial charge in [-0.1, -0.05) is 49.3 Å². The Hall–Kier alpha value is -5.56. The lowest BCUT2D eigenvalue weighted by Gasteiger charge is -2.29. The highest BCUT2D eigenvalue weighted by atomic mass is 32.2. The topological polar surface area (TPSA) is 186 Å². The van der Waals surface area contributed by atoms with E-state index in [2.05, 4.69) is 20.3 Å². The van der Waals surface area contributed by atoms with Crippen LogP contribution in [0.3, 0.4) is 0 Å². The fraction of sp³-hybridized carbons (Fsp3) is 0.455. The summed E-state index contributed by atoms with van der Waals surface area (Å²) in [5, 5.41) is 6.89. The van der Waals surface area contributed by atoms with E-state index in [1.165, 1.54) is 33.2 Å². The molecule has 5 aromatic rings. The number of anilines is 1. The maximum atomic E-state index is 14.9. The number of furan rings is 1. The summed E-state index contributed by atoms with van der Waals surface area (Å²) in [6.45, 7) is -0.0800. The molecule has 3 amide bonds. The molecule has 0 spiro atoms. The Morgan fingerprint density at radius 2 is 1.79 bits per heavy atom. The van der Waals surface area contributed by atoms with Gasteiger partial charge in [-0.2, -0.15) is 18.2 Å². The standard InChI is InChI=1S/C44H44F3N7O7S2/c45-44(46,47)25-17-15-24(16-18-25)37-50-35-29-10-6-7-13-33(29)61-36(35)39(51-37)60-27-21-32-38(55)52-43(41(57)53-63(58,59)28-19-20-28)22-26(43)9-4-2-1-3-5-11-31(40(56)54(32)23-27)49-42-48-30-12-8-14-34(30)62-42/h4,6-7,9-10,13,15-18,26-28,31-32H,1-3,5,8,11-12,14,19-23H2,(H,48,49)(H,52,55)(H,53,57)/b9-4-/t26-,27-,31+,32+,43-/m1/s1. The summed E-state index contributed by atoms with van der Waals surface area (Å²) >= 11 is 1.53. The number of benzene rings is 2. The monoisotopic (exact) mass is 903 g/mol. The van der Waals surface area contributed by atoms with E-state index in [0.29, 0.717) is 53.7 Å². The van der Waals surface area contributed by atoms with Crippen LogP contribution in [0.15, 0.2) is 65.1 Å². The summed E-state index contributed by atoms with van der Waals surface area (Å²) in [6, 6.07) is 9.63. The molecule has 330 valence electrons. The first-order valence-electron chi connectivity index (χ1n) is 21.4. The summed E-state index contributed by atoms with van der Waals surface area (Å²) in [5.41, 5.74) is -0.0829. The van der Waals surface area contributed by atoms with Crippen molar-refractivity contribution in [2.24, 2.45) is 5.92 Å². The molecule has 19 heteroatoms. The van der Waals surface area contributed by atoms with Crippen LogP contribution in [0.25, 0.3) is 33.5 Å². The third-order valence-electron chi connectivity index (χ3n) is 12.7. The quantitative estimate of drug-likeness (QED) is 0.139. The average Bonchev–Trinajstić information content (AvgIpc) is 4.00. The number of aromatic nitrogens is 3. The molecule has 1 saturated heterocycles. The third-order valence-corrected chi connectivity index (χ3v) is 15.6. The summed E-state index contributed by atoms with van der Waals surface area (Å²) in [4.78, 5) is 60.3. The van der Waals surface area contributed by atoms with E-state index in [1.807, 2.05) is 12.2 Å². The Morgan fingerprint density at radius 3 is 2.57 bits per heavy atom. The number of nitrogens with one attached hydrogen (secondary N) is 3. The number of carbonyl (C=O) groups is 3.